The minimum atomic E-state index is -1.12. The van der Waals surface area contributed by atoms with Crippen LogP contribution in [0.2, 0.25) is 0 Å². The van der Waals surface area contributed by atoms with Crippen LogP contribution < -0.4 is 0 Å². The second-order valence-electron chi connectivity index (χ2n) is 10.9. The molecule has 2 saturated carbocycles. The van der Waals surface area contributed by atoms with Crippen LogP contribution in [0.25, 0.3) is 0 Å². The molecule has 0 bridgehead atoms. The maximum Gasteiger partial charge on any atom is 0.293 e. The number of hydrogen-bond acceptors (Lipinski definition) is 6. The van der Waals surface area contributed by atoms with Gasteiger partial charge >= 0.3 is 0 Å². The molecule has 0 N–H and O–H groups in total. The highest BCUT2D eigenvalue weighted by atomic mass is 16.8. The highest BCUT2D eigenvalue weighted by molar-refractivity contribution is 5.92. The molecule has 0 aromatic rings. The first-order valence-electron chi connectivity index (χ1n) is 11.5. The van der Waals surface area contributed by atoms with Gasteiger partial charge in [0.2, 0.25) is 5.78 Å². The third-order valence-corrected chi connectivity index (χ3v) is 9.03. The number of ketones is 2. The Kier molecular flexibility index (Phi) is 4.49. The topological polar surface area (TPSA) is 78.9 Å². The Hall–Kier alpha value is -1.79. The van der Waals surface area contributed by atoms with E-state index in [9.17, 15) is 14.4 Å². The summed E-state index contributed by atoms with van der Waals surface area (Å²) in [6, 6.07) is 0. The Balaban J connectivity index is 1.57. The highest BCUT2D eigenvalue weighted by Crippen LogP contribution is 2.69. The SMILES string of the molecule is CC1(C)O[C@@H]2C[C@H]3[C@@H]4CCC5=CC(=O)CC[C@]5(C)C4=CC[C@]3(C)[C@]2(C(=O)COC=O)O1. The van der Waals surface area contributed by atoms with Crippen molar-refractivity contribution < 1.29 is 28.6 Å². The number of fused-ring (bicyclic) bond motifs is 7. The molecule has 0 spiro atoms. The Morgan fingerprint density at radius 2 is 2.03 bits per heavy atom. The number of carbonyl (C=O) groups excluding carboxylic acids is 3. The molecule has 6 heteroatoms. The van der Waals surface area contributed by atoms with Gasteiger partial charge in [-0.15, -0.1) is 0 Å². The zero-order valence-electron chi connectivity index (χ0n) is 18.9. The molecule has 0 aromatic heterocycles. The molecule has 1 aliphatic heterocycles. The summed E-state index contributed by atoms with van der Waals surface area (Å²) in [5, 5.41) is 0. The number of ether oxygens (including phenoxy) is 3. The van der Waals surface area contributed by atoms with Crippen molar-refractivity contribution in [2.75, 3.05) is 6.61 Å². The van der Waals surface area contributed by atoms with E-state index in [1.165, 1.54) is 11.1 Å². The summed E-state index contributed by atoms with van der Waals surface area (Å²) in [5.74, 6) is -0.247. The summed E-state index contributed by atoms with van der Waals surface area (Å²) in [4.78, 5) is 36.3. The zero-order valence-corrected chi connectivity index (χ0v) is 18.9. The molecule has 168 valence electrons. The maximum absolute atomic E-state index is 13.5. The van der Waals surface area contributed by atoms with Gasteiger partial charge in [-0.25, -0.2) is 0 Å². The number of Topliss-reactive ketones (excluding diaryl/α,β-unsaturated/α-hetero) is 1. The summed E-state index contributed by atoms with van der Waals surface area (Å²) < 4.78 is 17.6. The molecule has 6 nitrogen and oxygen atoms in total. The van der Waals surface area contributed by atoms with Crippen molar-refractivity contribution >= 4 is 18.0 Å². The molecule has 4 aliphatic carbocycles. The molecule has 0 radical (unpaired) electrons. The van der Waals surface area contributed by atoms with Crippen LogP contribution in [-0.4, -0.2) is 42.1 Å². The van der Waals surface area contributed by atoms with E-state index in [4.69, 9.17) is 14.2 Å². The molecule has 0 aromatic carbocycles. The fraction of sp³-hybridized carbons (Fsp3) is 0.720. The number of rotatable bonds is 4. The van der Waals surface area contributed by atoms with Gasteiger partial charge in [0.05, 0.1) is 6.10 Å². The number of allylic oxidation sites excluding steroid dienone is 4. The molecule has 6 atom stereocenters. The third kappa shape index (κ3) is 2.67. The average Bonchev–Trinajstić information content (AvgIpc) is 3.12. The van der Waals surface area contributed by atoms with Crippen LogP contribution in [0.4, 0.5) is 0 Å². The molecular formula is C25H32O6. The summed E-state index contributed by atoms with van der Waals surface area (Å²) in [6.07, 6.45) is 8.68. The molecule has 1 heterocycles. The lowest BCUT2D eigenvalue weighted by molar-refractivity contribution is -0.206. The lowest BCUT2D eigenvalue weighted by Gasteiger charge is -2.55. The van der Waals surface area contributed by atoms with Gasteiger partial charge in [0.25, 0.3) is 6.47 Å². The van der Waals surface area contributed by atoms with Crippen LogP contribution >= 0.6 is 0 Å². The van der Waals surface area contributed by atoms with Crippen LogP contribution in [0.3, 0.4) is 0 Å². The van der Waals surface area contributed by atoms with Crippen molar-refractivity contribution in [3.63, 3.8) is 0 Å². The van der Waals surface area contributed by atoms with Gasteiger partial charge in [0.1, 0.15) is 0 Å². The van der Waals surface area contributed by atoms with Crippen molar-refractivity contribution in [1.82, 2.24) is 0 Å². The predicted octanol–water partition coefficient (Wildman–Crippen LogP) is 3.68. The standard InChI is InChI=1S/C25H32O6/c1-22(2)30-21-12-19-17-6-5-15-11-16(27)7-9-23(15,3)18(17)8-10-24(19,4)25(21,31-22)20(28)13-29-14-26/h8,11,14,17,19,21H,5-7,9-10,12-13H2,1-4H3/t17-,19+,21-,23+,24+,25-/m1/s1. The third-order valence-electron chi connectivity index (χ3n) is 9.03. The number of carbonyl (C=O) groups is 3. The lowest BCUT2D eigenvalue weighted by Crippen LogP contribution is -2.59. The molecule has 0 amide bonds. The van der Waals surface area contributed by atoms with Gasteiger partial charge in [-0.2, -0.15) is 0 Å². The first kappa shape index (κ1) is 21.1. The van der Waals surface area contributed by atoms with E-state index in [0.717, 1.165) is 25.7 Å². The summed E-state index contributed by atoms with van der Waals surface area (Å²) in [6.45, 7) is 8.17. The fourth-order valence-corrected chi connectivity index (χ4v) is 7.68. The predicted molar refractivity (Wildman–Crippen MR) is 112 cm³/mol. The van der Waals surface area contributed by atoms with Gasteiger partial charge < -0.3 is 14.2 Å². The number of hydrogen-bond donors (Lipinski definition) is 0. The molecule has 31 heavy (non-hydrogen) atoms. The minimum absolute atomic E-state index is 0.0609. The molecule has 1 saturated heterocycles. The average molecular weight is 429 g/mol. The molecule has 3 fully saturated rings. The molecular weight excluding hydrogens is 396 g/mol. The zero-order chi connectivity index (χ0) is 22.2. The first-order valence-corrected chi connectivity index (χ1v) is 11.5. The van der Waals surface area contributed by atoms with E-state index in [1.807, 2.05) is 19.9 Å². The van der Waals surface area contributed by atoms with Gasteiger partial charge in [-0.05, 0) is 63.9 Å². The van der Waals surface area contributed by atoms with E-state index in [2.05, 4.69) is 19.9 Å². The van der Waals surface area contributed by atoms with E-state index < -0.39 is 16.8 Å². The smallest absolute Gasteiger partial charge is 0.293 e. The first-order chi connectivity index (χ1) is 14.6. The second kappa shape index (κ2) is 6.61. The van der Waals surface area contributed by atoms with Crippen LogP contribution in [0.5, 0.6) is 0 Å². The molecule has 5 aliphatic rings. The van der Waals surface area contributed by atoms with Crippen LogP contribution in [0.15, 0.2) is 23.3 Å². The Bertz CT molecular complexity index is 915. The van der Waals surface area contributed by atoms with Crippen LogP contribution in [-0.2, 0) is 28.6 Å². The van der Waals surface area contributed by atoms with E-state index in [-0.39, 0.29) is 35.6 Å². The van der Waals surface area contributed by atoms with E-state index >= 15 is 0 Å². The van der Waals surface area contributed by atoms with E-state index in [0.29, 0.717) is 25.2 Å². The van der Waals surface area contributed by atoms with Gasteiger partial charge in [-0.3, -0.25) is 14.4 Å². The largest absolute Gasteiger partial charge is 0.460 e. The normalized spacial score (nSPS) is 44.9. The summed E-state index contributed by atoms with van der Waals surface area (Å²) in [5.41, 5.74) is 1.09. The van der Waals surface area contributed by atoms with Crippen LogP contribution in [0, 0.1) is 22.7 Å². The Labute approximate surface area is 183 Å². The van der Waals surface area contributed by atoms with Crippen molar-refractivity contribution in [1.29, 1.82) is 0 Å². The fourth-order valence-electron chi connectivity index (χ4n) is 7.68. The van der Waals surface area contributed by atoms with E-state index in [1.54, 1.807) is 0 Å². The Morgan fingerprint density at radius 3 is 2.77 bits per heavy atom. The highest BCUT2D eigenvalue weighted by Gasteiger charge is 2.75. The molecule has 5 rings (SSSR count). The van der Waals surface area contributed by atoms with Gasteiger partial charge in [0, 0.05) is 17.3 Å². The van der Waals surface area contributed by atoms with Gasteiger partial charge in [-0.1, -0.05) is 31.1 Å². The Morgan fingerprint density at radius 1 is 1.26 bits per heavy atom. The van der Waals surface area contributed by atoms with Gasteiger partial charge in [0.15, 0.2) is 23.8 Å². The van der Waals surface area contributed by atoms with Crippen molar-refractivity contribution in [3.8, 4) is 0 Å². The maximum atomic E-state index is 13.5. The quantitative estimate of drug-likeness (QED) is 0.502. The lowest BCUT2D eigenvalue weighted by atomic mass is 9.50. The van der Waals surface area contributed by atoms with Crippen molar-refractivity contribution in [2.24, 2.45) is 22.7 Å². The molecule has 0 unspecified atom stereocenters. The monoisotopic (exact) mass is 428 g/mol. The minimum Gasteiger partial charge on any atom is -0.460 e. The van der Waals surface area contributed by atoms with Crippen molar-refractivity contribution in [3.05, 3.63) is 23.3 Å². The van der Waals surface area contributed by atoms with Crippen LogP contribution in [0.1, 0.15) is 66.2 Å². The summed E-state index contributed by atoms with van der Waals surface area (Å²) >= 11 is 0. The summed E-state index contributed by atoms with van der Waals surface area (Å²) in [7, 11) is 0. The second-order valence-corrected chi connectivity index (χ2v) is 10.9. The van der Waals surface area contributed by atoms with Crippen molar-refractivity contribution in [2.45, 2.75) is 83.7 Å².